The number of nitrogens with two attached hydrogens (primary N) is 1. The van der Waals surface area contributed by atoms with Gasteiger partial charge in [0.2, 0.25) is 0 Å². The molecule has 0 bridgehead atoms. The third-order valence-electron chi connectivity index (χ3n) is 5.42. The lowest BCUT2D eigenvalue weighted by molar-refractivity contribution is 0.100. The molecule has 6 nitrogen and oxygen atoms in total. The average Bonchev–Trinajstić information content (AvgIpc) is 3.46. The minimum absolute atomic E-state index is 0.404. The zero-order chi connectivity index (χ0) is 19.8. The highest BCUT2D eigenvalue weighted by atomic mass is 32.1. The van der Waals surface area contributed by atoms with Crippen LogP contribution in [0.4, 0.5) is 0 Å². The Bertz CT molecular complexity index is 1170. The molecule has 3 N–H and O–H groups in total. The molecule has 146 valence electrons. The number of rotatable bonds is 5. The summed E-state index contributed by atoms with van der Waals surface area (Å²) in [6, 6.07) is 16.2. The van der Waals surface area contributed by atoms with Gasteiger partial charge in [0.25, 0.3) is 5.91 Å². The number of H-pyrrole nitrogens is 1. The number of fused-ring (bicyclic) bond motifs is 1. The molecule has 0 aliphatic carbocycles. The van der Waals surface area contributed by atoms with Crippen LogP contribution in [0.5, 0.6) is 0 Å². The van der Waals surface area contributed by atoms with Gasteiger partial charge in [-0.3, -0.25) is 14.7 Å². The topological polar surface area (TPSA) is 87.9 Å². The first-order valence-electron chi connectivity index (χ1n) is 9.71. The zero-order valence-electron chi connectivity index (χ0n) is 15.8. The highest BCUT2D eigenvalue weighted by Crippen LogP contribution is 2.39. The first-order chi connectivity index (χ1) is 14.2. The van der Waals surface area contributed by atoms with Gasteiger partial charge in [0, 0.05) is 23.7 Å². The van der Waals surface area contributed by atoms with Gasteiger partial charge in [-0.05, 0) is 55.8 Å². The number of primary amides is 1. The summed E-state index contributed by atoms with van der Waals surface area (Å²) in [4.78, 5) is 29.1. The standard InChI is InChI=1S/C22H21N5OS/c23-21(28)15-6-3-7-16-20(15)26-22(25-16)19-10-9-18(29-19)17-8-4-12-27(17)13-14-5-1-2-11-24-14/h1-3,5-7,9-11,17H,4,8,12-13H2,(H2,23,28)(H,25,26)/t17-/m1/s1. The summed E-state index contributed by atoms with van der Waals surface area (Å²) in [5, 5.41) is 0. The lowest BCUT2D eigenvalue weighted by atomic mass is 10.2. The summed E-state index contributed by atoms with van der Waals surface area (Å²) < 4.78 is 0. The Morgan fingerprint density at radius 2 is 2.14 bits per heavy atom. The van der Waals surface area contributed by atoms with Crippen molar-refractivity contribution in [2.45, 2.75) is 25.4 Å². The van der Waals surface area contributed by atoms with Crippen molar-refractivity contribution in [1.82, 2.24) is 19.9 Å². The minimum atomic E-state index is -0.461. The predicted octanol–water partition coefficient (Wildman–Crippen LogP) is 4.12. The molecule has 3 aromatic heterocycles. The quantitative estimate of drug-likeness (QED) is 0.525. The summed E-state index contributed by atoms with van der Waals surface area (Å²) in [5.41, 5.74) is 8.49. The maximum absolute atomic E-state index is 11.7. The number of hydrogen-bond donors (Lipinski definition) is 2. The maximum atomic E-state index is 11.7. The molecular weight excluding hydrogens is 382 g/mol. The van der Waals surface area contributed by atoms with Crippen LogP contribution in [0.2, 0.25) is 0 Å². The molecule has 0 saturated carbocycles. The van der Waals surface area contributed by atoms with E-state index in [9.17, 15) is 4.79 Å². The predicted molar refractivity (Wildman–Crippen MR) is 115 cm³/mol. The van der Waals surface area contributed by atoms with Crippen molar-refractivity contribution in [3.8, 4) is 10.7 Å². The summed E-state index contributed by atoms with van der Waals surface area (Å²) in [7, 11) is 0. The van der Waals surface area contributed by atoms with E-state index in [1.807, 2.05) is 30.5 Å². The molecule has 4 aromatic rings. The molecule has 5 rings (SSSR count). The van der Waals surface area contributed by atoms with E-state index in [4.69, 9.17) is 5.73 Å². The number of para-hydroxylation sites is 1. The first kappa shape index (κ1) is 18.0. The summed E-state index contributed by atoms with van der Waals surface area (Å²) in [6.45, 7) is 1.95. The van der Waals surface area contributed by atoms with Gasteiger partial charge in [0.1, 0.15) is 11.3 Å². The Morgan fingerprint density at radius 3 is 2.97 bits per heavy atom. The van der Waals surface area contributed by atoms with Crippen LogP contribution < -0.4 is 5.73 Å². The van der Waals surface area contributed by atoms with Crippen molar-refractivity contribution >= 4 is 28.3 Å². The Balaban J connectivity index is 1.42. The van der Waals surface area contributed by atoms with Gasteiger partial charge in [-0.2, -0.15) is 0 Å². The van der Waals surface area contributed by atoms with Gasteiger partial charge in [-0.15, -0.1) is 11.3 Å². The highest BCUT2D eigenvalue weighted by Gasteiger charge is 2.28. The number of aromatic nitrogens is 3. The Kier molecular flexibility index (Phi) is 4.61. The lowest BCUT2D eigenvalue weighted by Crippen LogP contribution is -2.22. The van der Waals surface area contributed by atoms with E-state index in [-0.39, 0.29) is 0 Å². The average molecular weight is 404 g/mol. The summed E-state index contributed by atoms with van der Waals surface area (Å²) in [5.74, 6) is 0.316. The van der Waals surface area contributed by atoms with Crippen LogP contribution in [0.15, 0.2) is 54.7 Å². The number of nitrogens with zero attached hydrogens (tertiary/aromatic N) is 3. The minimum Gasteiger partial charge on any atom is -0.366 e. The fourth-order valence-corrected chi connectivity index (χ4v) is 5.17. The van der Waals surface area contributed by atoms with Crippen LogP contribution in [0.3, 0.4) is 0 Å². The molecule has 1 fully saturated rings. The van der Waals surface area contributed by atoms with E-state index in [0.29, 0.717) is 17.1 Å². The van der Waals surface area contributed by atoms with Crippen molar-refractivity contribution in [3.05, 3.63) is 70.9 Å². The largest absolute Gasteiger partial charge is 0.366 e. The molecule has 1 aromatic carbocycles. The molecule has 7 heteroatoms. The number of hydrogen-bond acceptors (Lipinski definition) is 5. The Labute approximate surface area is 172 Å². The van der Waals surface area contributed by atoms with Gasteiger partial charge < -0.3 is 10.7 Å². The third kappa shape index (κ3) is 3.43. The molecular formula is C22H21N5OS. The SMILES string of the molecule is NC(=O)c1cccc2[nH]c(-c3ccc([C@H]4CCCN4Cc4ccccn4)s3)nc12. The van der Waals surface area contributed by atoms with Gasteiger partial charge in [-0.1, -0.05) is 12.1 Å². The first-order valence-corrected chi connectivity index (χ1v) is 10.5. The molecule has 0 spiro atoms. The normalized spacial score (nSPS) is 17.2. The Hall–Kier alpha value is -3.03. The van der Waals surface area contributed by atoms with E-state index in [0.717, 1.165) is 41.4 Å². The number of benzene rings is 1. The Morgan fingerprint density at radius 1 is 1.21 bits per heavy atom. The van der Waals surface area contributed by atoms with E-state index in [1.165, 1.54) is 11.3 Å². The van der Waals surface area contributed by atoms with Crippen LogP contribution in [0.1, 0.15) is 39.8 Å². The second kappa shape index (κ2) is 7.42. The molecule has 29 heavy (non-hydrogen) atoms. The van der Waals surface area contributed by atoms with Crippen LogP contribution in [0.25, 0.3) is 21.7 Å². The molecule has 1 amide bonds. The van der Waals surface area contributed by atoms with Crippen molar-refractivity contribution in [1.29, 1.82) is 0 Å². The third-order valence-corrected chi connectivity index (χ3v) is 6.61. The van der Waals surface area contributed by atoms with Crippen molar-refractivity contribution in [2.24, 2.45) is 5.73 Å². The number of aromatic amines is 1. The van der Waals surface area contributed by atoms with E-state index in [2.05, 4.69) is 38.1 Å². The zero-order valence-corrected chi connectivity index (χ0v) is 16.7. The van der Waals surface area contributed by atoms with E-state index in [1.54, 1.807) is 17.4 Å². The molecule has 1 saturated heterocycles. The smallest absolute Gasteiger partial charge is 0.250 e. The number of amides is 1. The van der Waals surface area contributed by atoms with Crippen LogP contribution in [-0.2, 0) is 6.54 Å². The van der Waals surface area contributed by atoms with Crippen molar-refractivity contribution in [2.75, 3.05) is 6.54 Å². The highest BCUT2D eigenvalue weighted by molar-refractivity contribution is 7.15. The fraction of sp³-hybridized carbons (Fsp3) is 0.227. The monoisotopic (exact) mass is 403 g/mol. The number of carbonyl (C=O) groups excluding carboxylic acids is 1. The second-order valence-corrected chi connectivity index (χ2v) is 8.42. The van der Waals surface area contributed by atoms with Crippen LogP contribution >= 0.6 is 11.3 Å². The second-order valence-electron chi connectivity index (χ2n) is 7.30. The van der Waals surface area contributed by atoms with Gasteiger partial charge in [-0.25, -0.2) is 4.98 Å². The summed E-state index contributed by atoms with van der Waals surface area (Å²) in [6.07, 6.45) is 4.20. The van der Waals surface area contributed by atoms with Crippen molar-refractivity contribution in [3.63, 3.8) is 0 Å². The van der Waals surface area contributed by atoms with Crippen LogP contribution in [0, 0.1) is 0 Å². The van der Waals surface area contributed by atoms with E-state index >= 15 is 0 Å². The lowest BCUT2D eigenvalue weighted by Gasteiger charge is -2.23. The van der Waals surface area contributed by atoms with Gasteiger partial charge in [0.15, 0.2) is 0 Å². The maximum Gasteiger partial charge on any atom is 0.250 e. The molecule has 0 radical (unpaired) electrons. The van der Waals surface area contributed by atoms with E-state index < -0.39 is 5.91 Å². The number of imidazole rings is 1. The van der Waals surface area contributed by atoms with Crippen molar-refractivity contribution < 1.29 is 4.79 Å². The van der Waals surface area contributed by atoms with Crippen LogP contribution in [-0.4, -0.2) is 32.3 Å². The molecule has 1 atom stereocenters. The molecule has 1 aliphatic heterocycles. The molecule has 4 heterocycles. The fourth-order valence-electron chi connectivity index (χ4n) is 4.04. The molecule has 0 unspecified atom stereocenters. The number of likely N-dealkylation sites (tertiary alicyclic amines) is 1. The number of carbonyl (C=O) groups is 1. The van der Waals surface area contributed by atoms with Gasteiger partial charge in [0.05, 0.1) is 21.7 Å². The molecule has 1 aliphatic rings. The summed E-state index contributed by atoms with van der Waals surface area (Å²) >= 11 is 1.76. The number of thiophene rings is 1. The number of pyridine rings is 1. The number of nitrogens with one attached hydrogen (secondary N) is 1. The van der Waals surface area contributed by atoms with Gasteiger partial charge >= 0.3 is 0 Å².